The zero-order valence-corrected chi connectivity index (χ0v) is 8.25. The van der Waals surface area contributed by atoms with Crippen LogP contribution in [0.2, 0.25) is 0 Å². The third-order valence-electron chi connectivity index (χ3n) is 3.03. The van der Waals surface area contributed by atoms with E-state index < -0.39 is 0 Å². The molecule has 2 aromatic carbocycles. The molecule has 0 saturated heterocycles. The second-order valence-corrected chi connectivity index (χ2v) is 3.94. The summed E-state index contributed by atoms with van der Waals surface area (Å²) in [7, 11) is 0. The summed E-state index contributed by atoms with van der Waals surface area (Å²) in [5, 5.41) is 0. The molecule has 0 heteroatoms. The third-order valence-corrected chi connectivity index (χ3v) is 3.03. The van der Waals surface area contributed by atoms with Gasteiger partial charge in [0.2, 0.25) is 0 Å². The zero-order chi connectivity index (χ0) is 9.54. The van der Waals surface area contributed by atoms with E-state index in [1.165, 1.54) is 27.8 Å². The van der Waals surface area contributed by atoms with Gasteiger partial charge < -0.3 is 0 Å². The fraction of sp³-hybridized carbons (Fsp3) is 0.143. The lowest BCUT2D eigenvalue weighted by Crippen LogP contribution is -1.82. The first-order valence-corrected chi connectivity index (χ1v) is 5.03. The Labute approximate surface area is 84.2 Å². The van der Waals surface area contributed by atoms with Crippen molar-refractivity contribution in [1.82, 2.24) is 0 Å². The van der Waals surface area contributed by atoms with Crippen LogP contribution < -0.4 is 0 Å². The molecule has 0 atom stereocenters. The lowest BCUT2D eigenvalue weighted by Gasteiger charge is -2.03. The van der Waals surface area contributed by atoms with Crippen molar-refractivity contribution in [1.29, 1.82) is 0 Å². The molecule has 1 aliphatic rings. The summed E-state index contributed by atoms with van der Waals surface area (Å²) in [4.78, 5) is 0. The average Bonchev–Trinajstić information content (AvgIpc) is 2.57. The quantitative estimate of drug-likeness (QED) is 0.496. The van der Waals surface area contributed by atoms with Gasteiger partial charge in [0.1, 0.15) is 0 Å². The Morgan fingerprint density at radius 3 is 2.57 bits per heavy atom. The van der Waals surface area contributed by atoms with Crippen LogP contribution in [0.1, 0.15) is 16.7 Å². The first-order chi connectivity index (χ1) is 6.86. The maximum atomic E-state index is 2.24. The monoisotopic (exact) mass is 180 g/mol. The third kappa shape index (κ3) is 0.941. The van der Waals surface area contributed by atoms with Gasteiger partial charge in [-0.25, -0.2) is 0 Å². The zero-order valence-electron chi connectivity index (χ0n) is 8.25. The van der Waals surface area contributed by atoms with Crippen molar-refractivity contribution in [3.05, 3.63) is 59.2 Å². The lowest BCUT2D eigenvalue weighted by atomic mass is 10.0. The van der Waals surface area contributed by atoms with E-state index in [1.54, 1.807) is 0 Å². The maximum absolute atomic E-state index is 2.24. The topological polar surface area (TPSA) is 0 Å². The summed E-state index contributed by atoms with van der Waals surface area (Å²) in [6, 6.07) is 15.3. The molecular weight excluding hydrogens is 168 g/mol. The molecule has 0 saturated carbocycles. The van der Waals surface area contributed by atoms with Crippen LogP contribution in [0.3, 0.4) is 0 Å². The van der Waals surface area contributed by atoms with Crippen LogP contribution in [0.15, 0.2) is 42.5 Å². The molecule has 3 rings (SSSR count). The summed E-state index contributed by atoms with van der Waals surface area (Å²) >= 11 is 0. The van der Waals surface area contributed by atoms with Gasteiger partial charge in [-0.1, -0.05) is 42.5 Å². The molecule has 0 heterocycles. The van der Waals surface area contributed by atoms with E-state index in [-0.39, 0.29) is 0 Å². The molecule has 0 spiro atoms. The Kier molecular flexibility index (Phi) is 1.51. The largest absolute Gasteiger partial charge is 0.0619 e. The van der Waals surface area contributed by atoms with E-state index in [2.05, 4.69) is 49.4 Å². The predicted molar refractivity (Wildman–Crippen MR) is 59.4 cm³/mol. The second kappa shape index (κ2) is 2.71. The minimum atomic E-state index is 1.10. The Bertz CT molecular complexity index is 495. The number of fused-ring (bicyclic) bond motifs is 3. The molecule has 0 fully saturated rings. The van der Waals surface area contributed by atoms with Crippen molar-refractivity contribution in [3.8, 4) is 11.1 Å². The molecule has 0 aromatic heterocycles. The molecule has 0 nitrogen and oxygen atoms in total. The summed E-state index contributed by atoms with van der Waals surface area (Å²) < 4.78 is 0. The molecule has 68 valence electrons. The van der Waals surface area contributed by atoms with E-state index in [0.717, 1.165) is 6.42 Å². The number of rotatable bonds is 0. The Morgan fingerprint density at radius 2 is 1.64 bits per heavy atom. The SMILES string of the molecule is Cc1cccc2c1-c1ccccc1C2. The van der Waals surface area contributed by atoms with Crippen molar-refractivity contribution in [2.75, 3.05) is 0 Å². The number of aryl methyl sites for hydroxylation is 1. The standard InChI is InChI=1S/C14H12/c1-10-5-4-7-12-9-11-6-2-3-8-13(11)14(10)12/h2-8H,9H2,1H3. The molecule has 0 unspecified atom stereocenters. The maximum Gasteiger partial charge on any atom is -0.00134 e. The van der Waals surface area contributed by atoms with Crippen LogP contribution in [-0.2, 0) is 6.42 Å². The van der Waals surface area contributed by atoms with Crippen molar-refractivity contribution >= 4 is 0 Å². The summed E-state index contributed by atoms with van der Waals surface area (Å²) in [5.74, 6) is 0. The first kappa shape index (κ1) is 7.81. The molecular formula is C14H12. The van der Waals surface area contributed by atoms with Crippen LogP contribution in [0.5, 0.6) is 0 Å². The Morgan fingerprint density at radius 1 is 0.857 bits per heavy atom. The first-order valence-electron chi connectivity index (χ1n) is 5.03. The number of hydrogen-bond acceptors (Lipinski definition) is 0. The van der Waals surface area contributed by atoms with Crippen molar-refractivity contribution in [2.45, 2.75) is 13.3 Å². The minimum absolute atomic E-state index is 1.10. The number of hydrogen-bond donors (Lipinski definition) is 0. The molecule has 0 aliphatic heterocycles. The van der Waals surface area contributed by atoms with E-state index in [1.807, 2.05) is 0 Å². The van der Waals surface area contributed by atoms with Crippen molar-refractivity contribution in [3.63, 3.8) is 0 Å². The second-order valence-electron chi connectivity index (χ2n) is 3.94. The van der Waals surface area contributed by atoms with Gasteiger partial charge in [-0.2, -0.15) is 0 Å². The summed E-state index contributed by atoms with van der Waals surface area (Å²) in [6.45, 7) is 2.20. The predicted octanol–water partition coefficient (Wildman–Crippen LogP) is 3.57. The van der Waals surface area contributed by atoms with Crippen LogP contribution in [0.25, 0.3) is 11.1 Å². The van der Waals surface area contributed by atoms with Gasteiger partial charge in [-0.3, -0.25) is 0 Å². The van der Waals surface area contributed by atoms with Gasteiger partial charge in [0.05, 0.1) is 0 Å². The highest BCUT2D eigenvalue weighted by Gasteiger charge is 2.18. The fourth-order valence-corrected chi connectivity index (χ4v) is 2.38. The van der Waals surface area contributed by atoms with Gasteiger partial charge in [0.25, 0.3) is 0 Å². The Balaban J connectivity index is 2.35. The highest BCUT2D eigenvalue weighted by Crippen LogP contribution is 2.38. The minimum Gasteiger partial charge on any atom is -0.0619 e. The molecule has 0 bridgehead atoms. The molecule has 14 heavy (non-hydrogen) atoms. The van der Waals surface area contributed by atoms with Crippen LogP contribution >= 0.6 is 0 Å². The molecule has 0 amide bonds. The van der Waals surface area contributed by atoms with E-state index >= 15 is 0 Å². The number of benzene rings is 2. The van der Waals surface area contributed by atoms with Crippen molar-refractivity contribution in [2.24, 2.45) is 0 Å². The average molecular weight is 180 g/mol. The molecule has 1 aliphatic carbocycles. The van der Waals surface area contributed by atoms with E-state index in [0.29, 0.717) is 0 Å². The summed E-state index contributed by atoms with van der Waals surface area (Å²) in [6.07, 6.45) is 1.10. The van der Waals surface area contributed by atoms with Gasteiger partial charge in [0.15, 0.2) is 0 Å². The fourth-order valence-electron chi connectivity index (χ4n) is 2.38. The Hall–Kier alpha value is -1.56. The van der Waals surface area contributed by atoms with Gasteiger partial charge in [-0.05, 0) is 41.2 Å². The van der Waals surface area contributed by atoms with Gasteiger partial charge >= 0.3 is 0 Å². The van der Waals surface area contributed by atoms with E-state index in [4.69, 9.17) is 0 Å². The van der Waals surface area contributed by atoms with Crippen molar-refractivity contribution < 1.29 is 0 Å². The van der Waals surface area contributed by atoms with Crippen LogP contribution in [-0.4, -0.2) is 0 Å². The summed E-state index contributed by atoms with van der Waals surface area (Å²) in [5.41, 5.74) is 7.24. The van der Waals surface area contributed by atoms with E-state index in [9.17, 15) is 0 Å². The highest BCUT2D eigenvalue weighted by atomic mass is 14.2. The molecule has 0 N–H and O–H groups in total. The highest BCUT2D eigenvalue weighted by molar-refractivity contribution is 5.79. The van der Waals surface area contributed by atoms with Gasteiger partial charge in [0, 0.05) is 0 Å². The normalized spacial score (nSPS) is 12.4. The lowest BCUT2D eigenvalue weighted by molar-refractivity contribution is 1.26. The molecule has 2 aromatic rings. The smallest absolute Gasteiger partial charge is 0.00134 e. The van der Waals surface area contributed by atoms with Crippen LogP contribution in [0, 0.1) is 6.92 Å². The van der Waals surface area contributed by atoms with Crippen LogP contribution in [0.4, 0.5) is 0 Å². The van der Waals surface area contributed by atoms with Gasteiger partial charge in [-0.15, -0.1) is 0 Å². The molecule has 0 radical (unpaired) electrons.